The first kappa shape index (κ1) is 18.7. The van der Waals surface area contributed by atoms with Gasteiger partial charge in [-0.15, -0.1) is 0 Å². The predicted octanol–water partition coefficient (Wildman–Crippen LogP) is 2.02. The number of ether oxygens (including phenoxy) is 1. The summed E-state index contributed by atoms with van der Waals surface area (Å²) in [7, 11) is 0. The van der Waals surface area contributed by atoms with Gasteiger partial charge in [-0.2, -0.15) is 0 Å². The number of nitrogens with two attached hydrogens (primary N) is 1. The third kappa shape index (κ3) is 5.72. The van der Waals surface area contributed by atoms with Gasteiger partial charge < -0.3 is 15.8 Å². The van der Waals surface area contributed by atoms with Crippen LogP contribution < -0.4 is 11.1 Å². The van der Waals surface area contributed by atoms with Crippen molar-refractivity contribution in [2.45, 2.75) is 25.3 Å². The van der Waals surface area contributed by atoms with Gasteiger partial charge in [0.1, 0.15) is 0 Å². The topological polar surface area (TPSA) is 81.4 Å². The summed E-state index contributed by atoms with van der Waals surface area (Å²) in [5.41, 5.74) is 7.78. The van der Waals surface area contributed by atoms with Crippen molar-refractivity contribution < 1.29 is 14.3 Å². The molecule has 0 aliphatic rings. The lowest BCUT2D eigenvalue weighted by molar-refractivity contribution is -0.144. The van der Waals surface area contributed by atoms with E-state index < -0.39 is 12.0 Å². The minimum atomic E-state index is -0.666. The number of rotatable bonds is 8. The molecule has 0 spiro atoms. The van der Waals surface area contributed by atoms with Gasteiger partial charge in [0.05, 0.1) is 18.6 Å². The van der Waals surface area contributed by atoms with Gasteiger partial charge in [0.25, 0.3) is 0 Å². The van der Waals surface area contributed by atoms with Gasteiger partial charge >= 0.3 is 5.97 Å². The first-order chi connectivity index (χ1) is 12.1. The smallest absolute Gasteiger partial charge is 0.315 e. The molecule has 2 atom stereocenters. The summed E-state index contributed by atoms with van der Waals surface area (Å²) in [6.07, 6.45) is 0.447. The van der Waals surface area contributed by atoms with E-state index in [-0.39, 0.29) is 18.4 Å². The summed E-state index contributed by atoms with van der Waals surface area (Å²) in [5.74, 6) is -1.19. The standard InChI is InChI=1S/C20H24N2O3/c1-2-25-20(24)17(16-11-7-4-8-12-16)14-22-19(23)18(21)13-15-9-5-3-6-10-15/h3-12,17-18H,2,13-14,21H2,1H3,(H,22,23). The Morgan fingerprint density at radius 1 is 1.04 bits per heavy atom. The van der Waals surface area contributed by atoms with Gasteiger partial charge in [0.2, 0.25) is 5.91 Å². The summed E-state index contributed by atoms with van der Waals surface area (Å²) in [6, 6.07) is 18.2. The number of carbonyl (C=O) groups excluding carboxylic acids is 2. The molecule has 0 saturated heterocycles. The SMILES string of the molecule is CCOC(=O)C(CNC(=O)C(N)Cc1ccccc1)c1ccccc1. The van der Waals surface area contributed by atoms with E-state index in [0.717, 1.165) is 11.1 Å². The van der Waals surface area contributed by atoms with Crippen LogP contribution in [0.15, 0.2) is 60.7 Å². The maximum absolute atomic E-state index is 12.3. The van der Waals surface area contributed by atoms with Crippen molar-refractivity contribution in [3.8, 4) is 0 Å². The molecule has 25 heavy (non-hydrogen) atoms. The molecule has 2 rings (SSSR count). The second-order valence-corrected chi connectivity index (χ2v) is 5.76. The van der Waals surface area contributed by atoms with Crippen LogP contribution in [0.25, 0.3) is 0 Å². The highest BCUT2D eigenvalue weighted by atomic mass is 16.5. The highest BCUT2D eigenvalue weighted by molar-refractivity contribution is 5.84. The molecule has 0 aliphatic carbocycles. The first-order valence-corrected chi connectivity index (χ1v) is 8.40. The molecule has 1 amide bonds. The van der Waals surface area contributed by atoms with Crippen molar-refractivity contribution >= 4 is 11.9 Å². The molecule has 2 aromatic carbocycles. The molecule has 2 unspecified atom stereocenters. The lowest BCUT2D eigenvalue weighted by Gasteiger charge is -2.18. The van der Waals surface area contributed by atoms with E-state index in [2.05, 4.69) is 5.32 Å². The van der Waals surface area contributed by atoms with Crippen molar-refractivity contribution in [2.24, 2.45) is 5.73 Å². The van der Waals surface area contributed by atoms with Crippen LogP contribution in [0.5, 0.6) is 0 Å². The Kier molecular flexibility index (Phi) is 7.16. The second-order valence-electron chi connectivity index (χ2n) is 5.76. The molecular weight excluding hydrogens is 316 g/mol. The fourth-order valence-electron chi connectivity index (χ4n) is 2.56. The van der Waals surface area contributed by atoms with E-state index in [9.17, 15) is 9.59 Å². The molecule has 0 bridgehead atoms. The number of esters is 1. The van der Waals surface area contributed by atoms with E-state index in [1.807, 2.05) is 60.7 Å². The number of carbonyl (C=O) groups is 2. The monoisotopic (exact) mass is 340 g/mol. The van der Waals surface area contributed by atoms with Crippen LogP contribution in [-0.2, 0) is 20.7 Å². The molecule has 2 aromatic rings. The Balaban J connectivity index is 1.97. The van der Waals surface area contributed by atoms with Crippen molar-refractivity contribution in [2.75, 3.05) is 13.2 Å². The van der Waals surface area contributed by atoms with Gasteiger partial charge in [-0.3, -0.25) is 9.59 Å². The quantitative estimate of drug-likeness (QED) is 0.721. The lowest BCUT2D eigenvalue weighted by Crippen LogP contribution is -2.44. The predicted molar refractivity (Wildman–Crippen MR) is 96.9 cm³/mol. The van der Waals surface area contributed by atoms with Gasteiger partial charge in [0, 0.05) is 6.54 Å². The summed E-state index contributed by atoms with van der Waals surface area (Å²) in [5, 5.41) is 2.78. The lowest BCUT2D eigenvalue weighted by atomic mass is 9.99. The maximum atomic E-state index is 12.3. The Morgan fingerprint density at radius 2 is 1.64 bits per heavy atom. The highest BCUT2D eigenvalue weighted by Crippen LogP contribution is 2.16. The van der Waals surface area contributed by atoms with E-state index in [0.29, 0.717) is 13.0 Å². The van der Waals surface area contributed by atoms with Crippen LogP contribution >= 0.6 is 0 Å². The molecule has 0 heterocycles. The molecule has 0 fully saturated rings. The zero-order valence-electron chi connectivity index (χ0n) is 14.4. The number of nitrogens with one attached hydrogen (secondary N) is 1. The molecular formula is C20H24N2O3. The fraction of sp³-hybridized carbons (Fsp3) is 0.300. The Bertz CT molecular complexity index is 674. The van der Waals surface area contributed by atoms with Crippen molar-refractivity contribution in [3.63, 3.8) is 0 Å². The van der Waals surface area contributed by atoms with Gasteiger partial charge in [-0.25, -0.2) is 0 Å². The summed E-state index contributed by atoms with van der Waals surface area (Å²) in [4.78, 5) is 24.5. The zero-order valence-corrected chi connectivity index (χ0v) is 14.4. The molecule has 132 valence electrons. The molecule has 5 heteroatoms. The van der Waals surface area contributed by atoms with Crippen molar-refractivity contribution in [3.05, 3.63) is 71.8 Å². The summed E-state index contributed by atoms with van der Waals surface area (Å²) in [6.45, 7) is 2.21. The van der Waals surface area contributed by atoms with Gasteiger partial charge in [-0.1, -0.05) is 60.7 Å². The Hall–Kier alpha value is -2.66. The van der Waals surface area contributed by atoms with Crippen LogP contribution in [0.1, 0.15) is 24.0 Å². The maximum Gasteiger partial charge on any atom is 0.315 e. The first-order valence-electron chi connectivity index (χ1n) is 8.40. The van der Waals surface area contributed by atoms with Crippen LogP contribution in [0.4, 0.5) is 0 Å². The average Bonchev–Trinajstić information content (AvgIpc) is 2.63. The van der Waals surface area contributed by atoms with Crippen molar-refractivity contribution in [1.82, 2.24) is 5.32 Å². The fourth-order valence-corrected chi connectivity index (χ4v) is 2.56. The number of amides is 1. The second kappa shape index (κ2) is 9.59. The average molecular weight is 340 g/mol. The van der Waals surface area contributed by atoms with E-state index in [1.165, 1.54) is 0 Å². The summed E-state index contributed by atoms with van der Waals surface area (Å²) < 4.78 is 5.13. The normalized spacial score (nSPS) is 12.9. The van der Waals surface area contributed by atoms with Gasteiger partial charge in [-0.05, 0) is 24.5 Å². The Labute approximate surface area is 148 Å². The molecule has 0 aromatic heterocycles. The molecule has 3 N–H and O–H groups in total. The highest BCUT2D eigenvalue weighted by Gasteiger charge is 2.24. The van der Waals surface area contributed by atoms with E-state index in [1.54, 1.807) is 6.92 Å². The third-order valence-electron chi connectivity index (χ3n) is 3.89. The van der Waals surface area contributed by atoms with Crippen molar-refractivity contribution in [1.29, 1.82) is 0 Å². The third-order valence-corrected chi connectivity index (χ3v) is 3.89. The Morgan fingerprint density at radius 3 is 2.24 bits per heavy atom. The molecule has 0 radical (unpaired) electrons. The number of hydrogen-bond acceptors (Lipinski definition) is 4. The minimum Gasteiger partial charge on any atom is -0.465 e. The largest absolute Gasteiger partial charge is 0.465 e. The molecule has 5 nitrogen and oxygen atoms in total. The molecule has 0 saturated carbocycles. The number of hydrogen-bond donors (Lipinski definition) is 2. The van der Waals surface area contributed by atoms with Gasteiger partial charge in [0.15, 0.2) is 0 Å². The van der Waals surface area contributed by atoms with E-state index >= 15 is 0 Å². The van der Waals surface area contributed by atoms with Crippen LogP contribution in [0, 0.1) is 0 Å². The zero-order chi connectivity index (χ0) is 18.1. The van der Waals surface area contributed by atoms with Crippen LogP contribution in [-0.4, -0.2) is 31.1 Å². The number of benzene rings is 2. The van der Waals surface area contributed by atoms with E-state index in [4.69, 9.17) is 10.5 Å². The van der Waals surface area contributed by atoms with Crippen LogP contribution in [0.2, 0.25) is 0 Å². The van der Waals surface area contributed by atoms with Crippen LogP contribution in [0.3, 0.4) is 0 Å². The minimum absolute atomic E-state index is 0.157. The molecule has 0 aliphatic heterocycles. The summed E-state index contributed by atoms with van der Waals surface area (Å²) >= 11 is 0.